The van der Waals surface area contributed by atoms with Crippen LogP contribution in [0.1, 0.15) is 0 Å². The van der Waals surface area contributed by atoms with Gasteiger partial charge in [-0.2, -0.15) is 0 Å². The smallest absolute Gasteiger partial charge is 0.227 e. The number of hydrogen-bond donors (Lipinski definition) is 1. The van der Waals surface area contributed by atoms with Crippen molar-refractivity contribution >= 4 is 11.9 Å². The van der Waals surface area contributed by atoms with Crippen molar-refractivity contribution in [3.05, 3.63) is 48.8 Å². The summed E-state index contributed by atoms with van der Waals surface area (Å²) in [6.07, 6.45) is 3.40. The highest BCUT2D eigenvalue weighted by molar-refractivity contribution is 5.79. The molecule has 1 amide bonds. The molecule has 2 aromatic rings. The SMILES string of the molecule is O=C(NCCOc1ccccc1)C1COCCN(c2ncccn2)C1. The van der Waals surface area contributed by atoms with E-state index in [1.165, 1.54) is 0 Å². The Labute approximate surface area is 147 Å². The standard InChI is InChI=1S/C18H22N4O3/c23-17(19-9-11-25-16-5-2-1-3-6-16)15-13-22(10-12-24-14-15)18-20-7-4-8-21-18/h1-8,15H,9-14H2,(H,19,23). The van der Waals surface area contributed by atoms with Crippen LogP contribution in [0.2, 0.25) is 0 Å². The monoisotopic (exact) mass is 342 g/mol. The number of rotatable bonds is 6. The van der Waals surface area contributed by atoms with Gasteiger partial charge in [-0.05, 0) is 18.2 Å². The van der Waals surface area contributed by atoms with Gasteiger partial charge in [-0.25, -0.2) is 9.97 Å². The number of anilines is 1. The van der Waals surface area contributed by atoms with Gasteiger partial charge in [0.05, 0.1) is 25.7 Å². The third kappa shape index (κ3) is 5.15. The summed E-state index contributed by atoms with van der Waals surface area (Å²) in [6, 6.07) is 11.3. The Balaban J connectivity index is 1.47. The summed E-state index contributed by atoms with van der Waals surface area (Å²) < 4.78 is 11.1. The molecule has 0 radical (unpaired) electrons. The Hall–Kier alpha value is -2.67. The van der Waals surface area contributed by atoms with Gasteiger partial charge in [-0.1, -0.05) is 18.2 Å². The second-order valence-electron chi connectivity index (χ2n) is 5.72. The van der Waals surface area contributed by atoms with Crippen LogP contribution in [0, 0.1) is 5.92 Å². The number of para-hydroxylation sites is 1. The fraction of sp³-hybridized carbons (Fsp3) is 0.389. The van der Waals surface area contributed by atoms with Gasteiger partial charge in [0.1, 0.15) is 12.4 Å². The highest BCUT2D eigenvalue weighted by Gasteiger charge is 2.25. The largest absolute Gasteiger partial charge is 0.492 e. The number of nitrogens with one attached hydrogen (secondary N) is 1. The average Bonchev–Trinajstić information content (AvgIpc) is 2.93. The van der Waals surface area contributed by atoms with Crippen LogP contribution in [0.5, 0.6) is 5.75 Å². The number of carbonyl (C=O) groups is 1. The molecule has 1 saturated heterocycles. The van der Waals surface area contributed by atoms with E-state index in [4.69, 9.17) is 9.47 Å². The summed E-state index contributed by atoms with van der Waals surface area (Å²) in [5, 5.41) is 2.91. The van der Waals surface area contributed by atoms with E-state index in [9.17, 15) is 4.79 Å². The number of hydrogen-bond acceptors (Lipinski definition) is 6. The van der Waals surface area contributed by atoms with Crippen molar-refractivity contribution in [1.29, 1.82) is 0 Å². The molecule has 0 bridgehead atoms. The number of nitrogens with zero attached hydrogens (tertiary/aromatic N) is 3. The van der Waals surface area contributed by atoms with Crippen LogP contribution in [0.3, 0.4) is 0 Å². The van der Waals surface area contributed by atoms with E-state index in [2.05, 4.69) is 15.3 Å². The first-order valence-electron chi connectivity index (χ1n) is 8.38. The third-order valence-electron chi connectivity index (χ3n) is 3.88. The quantitative estimate of drug-likeness (QED) is 0.793. The topological polar surface area (TPSA) is 76.6 Å². The van der Waals surface area contributed by atoms with Crippen molar-refractivity contribution in [2.75, 3.05) is 44.4 Å². The second kappa shape index (κ2) is 8.98. The molecule has 0 saturated carbocycles. The maximum Gasteiger partial charge on any atom is 0.227 e. The fourth-order valence-corrected chi connectivity index (χ4v) is 2.61. The van der Waals surface area contributed by atoms with Crippen molar-refractivity contribution in [3.8, 4) is 5.75 Å². The Kier molecular flexibility index (Phi) is 6.17. The molecule has 1 fully saturated rings. The molecular formula is C18H22N4O3. The van der Waals surface area contributed by atoms with E-state index in [-0.39, 0.29) is 11.8 Å². The zero-order chi connectivity index (χ0) is 17.3. The maximum absolute atomic E-state index is 12.4. The molecule has 1 aliphatic rings. The van der Waals surface area contributed by atoms with Gasteiger partial charge in [0.15, 0.2) is 0 Å². The van der Waals surface area contributed by atoms with Crippen LogP contribution in [-0.4, -0.2) is 55.3 Å². The Bertz CT molecular complexity index is 654. The summed E-state index contributed by atoms with van der Waals surface area (Å²) in [5.74, 6) is 1.11. The Morgan fingerprint density at radius 1 is 1.24 bits per heavy atom. The number of amides is 1. The lowest BCUT2D eigenvalue weighted by Gasteiger charge is -2.22. The zero-order valence-corrected chi connectivity index (χ0v) is 14.0. The molecule has 0 aliphatic carbocycles. The molecule has 7 heteroatoms. The summed E-state index contributed by atoms with van der Waals surface area (Å²) in [4.78, 5) is 22.9. The van der Waals surface area contributed by atoms with Crippen molar-refractivity contribution in [3.63, 3.8) is 0 Å². The van der Waals surface area contributed by atoms with Crippen molar-refractivity contribution in [2.24, 2.45) is 5.92 Å². The average molecular weight is 342 g/mol. The van der Waals surface area contributed by atoms with Gasteiger partial charge in [0.2, 0.25) is 11.9 Å². The maximum atomic E-state index is 12.4. The van der Waals surface area contributed by atoms with Crippen molar-refractivity contribution in [1.82, 2.24) is 15.3 Å². The van der Waals surface area contributed by atoms with E-state index in [0.29, 0.717) is 45.4 Å². The zero-order valence-electron chi connectivity index (χ0n) is 14.0. The molecule has 3 rings (SSSR count). The number of aromatic nitrogens is 2. The molecule has 1 aromatic carbocycles. The Morgan fingerprint density at radius 3 is 2.84 bits per heavy atom. The molecular weight excluding hydrogens is 320 g/mol. The minimum Gasteiger partial charge on any atom is -0.492 e. The number of ether oxygens (including phenoxy) is 2. The molecule has 1 N–H and O–H groups in total. The lowest BCUT2D eigenvalue weighted by atomic mass is 10.1. The van der Waals surface area contributed by atoms with Crippen LogP contribution < -0.4 is 15.0 Å². The fourth-order valence-electron chi connectivity index (χ4n) is 2.61. The molecule has 1 atom stereocenters. The molecule has 132 valence electrons. The van der Waals surface area contributed by atoms with E-state index in [1.807, 2.05) is 35.2 Å². The first-order chi connectivity index (χ1) is 12.3. The van der Waals surface area contributed by atoms with E-state index >= 15 is 0 Å². The summed E-state index contributed by atoms with van der Waals surface area (Å²) in [7, 11) is 0. The summed E-state index contributed by atoms with van der Waals surface area (Å²) >= 11 is 0. The predicted molar refractivity (Wildman–Crippen MR) is 93.5 cm³/mol. The van der Waals surface area contributed by atoms with Gasteiger partial charge in [0, 0.05) is 25.5 Å². The van der Waals surface area contributed by atoms with Gasteiger partial charge in [-0.3, -0.25) is 4.79 Å². The van der Waals surface area contributed by atoms with E-state index in [1.54, 1.807) is 18.5 Å². The minimum atomic E-state index is -0.261. The van der Waals surface area contributed by atoms with Gasteiger partial charge < -0.3 is 19.7 Å². The number of benzene rings is 1. The first-order valence-corrected chi connectivity index (χ1v) is 8.38. The van der Waals surface area contributed by atoms with Gasteiger partial charge >= 0.3 is 0 Å². The normalized spacial score (nSPS) is 17.6. The predicted octanol–water partition coefficient (Wildman–Crippen LogP) is 1.12. The second-order valence-corrected chi connectivity index (χ2v) is 5.72. The highest BCUT2D eigenvalue weighted by Crippen LogP contribution is 2.13. The van der Waals surface area contributed by atoms with Crippen molar-refractivity contribution < 1.29 is 14.3 Å². The third-order valence-corrected chi connectivity index (χ3v) is 3.88. The van der Waals surface area contributed by atoms with E-state index in [0.717, 1.165) is 5.75 Å². The van der Waals surface area contributed by atoms with Crippen molar-refractivity contribution in [2.45, 2.75) is 0 Å². The number of carbonyl (C=O) groups excluding carboxylic acids is 1. The van der Waals surface area contributed by atoms with Crippen LogP contribution in [0.4, 0.5) is 5.95 Å². The van der Waals surface area contributed by atoms with Crippen LogP contribution in [0.25, 0.3) is 0 Å². The van der Waals surface area contributed by atoms with Crippen LogP contribution in [-0.2, 0) is 9.53 Å². The molecule has 0 spiro atoms. The molecule has 2 heterocycles. The molecule has 1 aliphatic heterocycles. The highest BCUT2D eigenvalue weighted by atomic mass is 16.5. The van der Waals surface area contributed by atoms with Crippen LogP contribution in [0.15, 0.2) is 48.8 Å². The molecule has 7 nitrogen and oxygen atoms in total. The molecule has 1 unspecified atom stereocenters. The minimum absolute atomic E-state index is 0.0421. The lowest BCUT2D eigenvalue weighted by Crippen LogP contribution is -2.41. The van der Waals surface area contributed by atoms with Gasteiger partial charge in [0.25, 0.3) is 0 Å². The lowest BCUT2D eigenvalue weighted by molar-refractivity contribution is -0.126. The van der Waals surface area contributed by atoms with E-state index < -0.39 is 0 Å². The Morgan fingerprint density at radius 2 is 2.04 bits per heavy atom. The summed E-state index contributed by atoms with van der Waals surface area (Å²) in [5.41, 5.74) is 0. The van der Waals surface area contributed by atoms with Gasteiger partial charge in [-0.15, -0.1) is 0 Å². The molecule has 25 heavy (non-hydrogen) atoms. The first kappa shape index (κ1) is 17.2. The molecule has 1 aromatic heterocycles. The summed E-state index contributed by atoms with van der Waals surface area (Å²) in [6.45, 7) is 3.04. The van der Waals surface area contributed by atoms with Crippen LogP contribution >= 0.6 is 0 Å².